The third-order valence-electron chi connectivity index (χ3n) is 5.80. The molecular formula is C31H42O5. The summed E-state index contributed by atoms with van der Waals surface area (Å²) in [5.74, 6) is 0.894. The molecule has 0 saturated carbocycles. The summed E-state index contributed by atoms with van der Waals surface area (Å²) in [6.45, 7) is 7.52. The van der Waals surface area contributed by atoms with Crippen molar-refractivity contribution in [3.05, 3.63) is 65.7 Å². The smallest absolute Gasteiger partial charge is 0.343 e. The van der Waals surface area contributed by atoms with Crippen LogP contribution in [0.5, 0.6) is 11.5 Å². The summed E-state index contributed by atoms with van der Waals surface area (Å²) in [5.41, 5.74) is 1.27. The second-order valence-electron chi connectivity index (χ2n) is 9.49. The Morgan fingerprint density at radius 3 is 2.03 bits per heavy atom. The van der Waals surface area contributed by atoms with Crippen LogP contribution < -0.4 is 9.47 Å². The zero-order valence-electron chi connectivity index (χ0n) is 22.2. The molecule has 0 heterocycles. The van der Waals surface area contributed by atoms with Gasteiger partial charge in [-0.25, -0.2) is 9.59 Å². The number of carbonyl (C=O) groups excluding carboxylic acids is 2. The summed E-state index contributed by atoms with van der Waals surface area (Å²) in [6, 6.07) is 14.0. The van der Waals surface area contributed by atoms with E-state index in [9.17, 15) is 9.59 Å². The Kier molecular flexibility index (Phi) is 14.1. The molecule has 2 aromatic carbocycles. The van der Waals surface area contributed by atoms with Crippen molar-refractivity contribution in [3.63, 3.8) is 0 Å². The first-order valence-corrected chi connectivity index (χ1v) is 13.4. The SMILES string of the molecule is CCCCCCCCCCOc1ccc(C(=O)Oc2ccc(/C=C/C(=O)OCCC(C)C)cc2)cc1. The van der Waals surface area contributed by atoms with Crippen LogP contribution in [0.4, 0.5) is 0 Å². The lowest BCUT2D eigenvalue weighted by molar-refractivity contribution is -0.137. The molecule has 0 saturated heterocycles. The fourth-order valence-corrected chi connectivity index (χ4v) is 3.53. The highest BCUT2D eigenvalue weighted by atomic mass is 16.5. The van der Waals surface area contributed by atoms with Crippen LogP contribution in [0.25, 0.3) is 6.08 Å². The molecule has 0 aromatic heterocycles. The van der Waals surface area contributed by atoms with Crippen LogP contribution in [0, 0.1) is 5.92 Å². The fourth-order valence-electron chi connectivity index (χ4n) is 3.53. The second kappa shape index (κ2) is 17.4. The van der Waals surface area contributed by atoms with Crippen molar-refractivity contribution in [1.82, 2.24) is 0 Å². The Hall–Kier alpha value is -3.08. The lowest BCUT2D eigenvalue weighted by Crippen LogP contribution is -2.08. The van der Waals surface area contributed by atoms with Crippen LogP contribution in [0.15, 0.2) is 54.6 Å². The molecule has 2 rings (SSSR count). The molecule has 0 spiro atoms. The van der Waals surface area contributed by atoms with Gasteiger partial charge in [-0.15, -0.1) is 0 Å². The van der Waals surface area contributed by atoms with Crippen LogP contribution in [0.2, 0.25) is 0 Å². The van der Waals surface area contributed by atoms with Gasteiger partial charge in [-0.05, 0) is 66.8 Å². The van der Waals surface area contributed by atoms with Gasteiger partial charge in [0.2, 0.25) is 0 Å². The number of ether oxygens (including phenoxy) is 3. The first kappa shape index (κ1) is 29.2. The molecule has 0 bridgehead atoms. The van der Waals surface area contributed by atoms with Gasteiger partial charge in [0.15, 0.2) is 0 Å². The molecule has 0 aliphatic carbocycles. The highest BCUT2D eigenvalue weighted by Gasteiger charge is 2.09. The average molecular weight is 495 g/mol. The maximum Gasteiger partial charge on any atom is 0.343 e. The van der Waals surface area contributed by atoms with Gasteiger partial charge >= 0.3 is 11.9 Å². The number of hydrogen-bond donors (Lipinski definition) is 0. The predicted molar refractivity (Wildman–Crippen MR) is 145 cm³/mol. The largest absolute Gasteiger partial charge is 0.494 e. The Balaban J connectivity index is 1.69. The Morgan fingerprint density at radius 1 is 0.778 bits per heavy atom. The first-order chi connectivity index (χ1) is 17.5. The number of rotatable bonds is 17. The Labute approximate surface area is 216 Å². The summed E-state index contributed by atoms with van der Waals surface area (Å²) in [4.78, 5) is 24.2. The number of unbranched alkanes of at least 4 members (excludes halogenated alkanes) is 7. The molecule has 5 nitrogen and oxygen atoms in total. The van der Waals surface area contributed by atoms with E-state index in [-0.39, 0.29) is 5.97 Å². The standard InChI is InChI=1S/C31H42O5/c1-4-5-6-7-8-9-10-11-23-34-28-19-15-27(16-20-28)31(33)36-29-17-12-26(13-18-29)14-21-30(32)35-24-22-25(2)3/h12-21,25H,4-11,22-24H2,1-3H3/b21-14+. The maximum absolute atomic E-state index is 12.5. The molecule has 0 fully saturated rings. The predicted octanol–water partition coefficient (Wildman–Crippen LogP) is 8.03. The van der Waals surface area contributed by atoms with Gasteiger partial charge in [0.1, 0.15) is 11.5 Å². The van der Waals surface area contributed by atoms with E-state index in [0.29, 0.717) is 30.4 Å². The molecule has 0 unspecified atom stereocenters. The molecule has 2 aromatic rings. The number of hydrogen-bond acceptors (Lipinski definition) is 5. The molecule has 0 aliphatic rings. The van der Waals surface area contributed by atoms with E-state index >= 15 is 0 Å². The topological polar surface area (TPSA) is 61.8 Å². The van der Waals surface area contributed by atoms with E-state index in [1.165, 1.54) is 51.0 Å². The van der Waals surface area contributed by atoms with Crippen LogP contribution in [0.1, 0.15) is 94.5 Å². The summed E-state index contributed by atoms with van der Waals surface area (Å²) in [7, 11) is 0. The minimum absolute atomic E-state index is 0.364. The molecule has 0 N–H and O–H groups in total. The van der Waals surface area contributed by atoms with E-state index in [4.69, 9.17) is 14.2 Å². The molecular weight excluding hydrogens is 452 g/mol. The van der Waals surface area contributed by atoms with E-state index in [1.54, 1.807) is 54.6 Å². The van der Waals surface area contributed by atoms with Crippen molar-refractivity contribution in [2.24, 2.45) is 5.92 Å². The summed E-state index contributed by atoms with van der Waals surface area (Å²) < 4.78 is 16.4. The lowest BCUT2D eigenvalue weighted by atomic mass is 10.1. The third-order valence-corrected chi connectivity index (χ3v) is 5.80. The van der Waals surface area contributed by atoms with Crippen LogP contribution in [0.3, 0.4) is 0 Å². The van der Waals surface area contributed by atoms with Gasteiger partial charge < -0.3 is 14.2 Å². The van der Waals surface area contributed by atoms with Crippen molar-refractivity contribution in [3.8, 4) is 11.5 Å². The van der Waals surface area contributed by atoms with Gasteiger partial charge in [0.25, 0.3) is 0 Å². The highest BCUT2D eigenvalue weighted by Crippen LogP contribution is 2.18. The minimum atomic E-state index is -0.429. The Bertz CT molecular complexity index is 913. The van der Waals surface area contributed by atoms with Gasteiger partial charge in [-0.3, -0.25) is 0 Å². The quantitative estimate of drug-likeness (QED) is 0.0964. The van der Waals surface area contributed by atoms with Crippen molar-refractivity contribution in [1.29, 1.82) is 0 Å². The maximum atomic E-state index is 12.5. The second-order valence-corrected chi connectivity index (χ2v) is 9.49. The van der Waals surface area contributed by atoms with Gasteiger partial charge in [-0.1, -0.05) is 77.8 Å². The molecule has 0 amide bonds. The molecule has 36 heavy (non-hydrogen) atoms. The van der Waals surface area contributed by atoms with Crippen molar-refractivity contribution in [2.45, 2.75) is 78.6 Å². The lowest BCUT2D eigenvalue weighted by Gasteiger charge is -2.08. The first-order valence-electron chi connectivity index (χ1n) is 13.4. The monoisotopic (exact) mass is 494 g/mol. The zero-order valence-corrected chi connectivity index (χ0v) is 22.2. The molecule has 5 heteroatoms. The van der Waals surface area contributed by atoms with Crippen molar-refractivity contribution < 1.29 is 23.8 Å². The average Bonchev–Trinajstić information content (AvgIpc) is 2.87. The van der Waals surface area contributed by atoms with Gasteiger partial charge in [-0.2, -0.15) is 0 Å². The van der Waals surface area contributed by atoms with E-state index in [2.05, 4.69) is 20.8 Å². The van der Waals surface area contributed by atoms with Gasteiger partial charge in [0, 0.05) is 6.08 Å². The normalized spacial score (nSPS) is 11.1. The molecule has 0 radical (unpaired) electrons. The van der Waals surface area contributed by atoms with E-state index in [1.807, 2.05) is 0 Å². The third kappa shape index (κ3) is 12.6. The number of benzene rings is 2. The zero-order chi connectivity index (χ0) is 26.0. The fraction of sp³-hybridized carbons (Fsp3) is 0.484. The summed E-state index contributed by atoms with van der Waals surface area (Å²) >= 11 is 0. The van der Waals surface area contributed by atoms with Crippen LogP contribution in [-0.4, -0.2) is 25.2 Å². The van der Waals surface area contributed by atoms with Crippen molar-refractivity contribution in [2.75, 3.05) is 13.2 Å². The molecule has 0 aliphatic heterocycles. The minimum Gasteiger partial charge on any atom is -0.494 e. The molecule has 0 atom stereocenters. The summed E-state index contributed by atoms with van der Waals surface area (Å²) in [5, 5.41) is 0. The van der Waals surface area contributed by atoms with Crippen LogP contribution in [-0.2, 0) is 9.53 Å². The Morgan fingerprint density at radius 2 is 1.39 bits per heavy atom. The van der Waals surface area contributed by atoms with E-state index < -0.39 is 5.97 Å². The summed E-state index contributed by atoms with van der Waals surface area (Å²) in [6.07, 6.45) is 14.0. The van der Waals surface area contributed by atoms with Crippen LogP contribution >= 0.6 is 0 Å². The van der Waals surface area contributed by atoms with Gasteiger partial charge in [0.05, 0.1) is 18.8 Å². The molecule has 196 valence electrons. The van der Waals surface area contributed by atoms with E-state index in [0.717, 1.165) is 24.2 Å². The number of carbonyl (C=O) groups is 2. The highest BCUT2D eigenvalue weighted by molar-refractivity contribution is 5.91. The van der Waals surface area contributed by atoms with Crippen molar-refractivity contribution >= 4 is 18.0 Å². The number of esters is 2.